The van der Waals surface area contributed by atoms with Gasteiger partial charge in [0, 0.05) is 18.0 Å². The van der Waals surface area contributed by atoms with E-state index in [1.165, 1.54) is 22.2 Å². The van der Waals surface area contributed by atoms with Crippen LogP contribution in [0, 0.1) is 0 Å². The van der Waals surface area contributed by atoms with Crippen LogP contribution >= 0.6 is 11.8 Å². The Kier molecular flexibility index (Phi) is 6.05. The van der Waals surface area contributed by atoms with Crippen molar-refractivity contribution in [3.05, 3.63) is 70.8 Å². The SMILES string of the molecule is CCCCc1ccc(N2C(=O)C(Sc3ccccc3)=C(N3CCCC3)C2=O)cc1. The van der Waals surface area contributed by atoms with E-state index in [4.69, 9.17) is 0 Å². The molecule has 1 saturated heterocycles. The maximum absolute atomic E-state index is 13.4. The van der Waals surface area contributed by atoms with Gasteiger partial charge in [-0.05, 0) is 55.5 Å². The Balaban J connectivity index is 1.64. The molecule has 2 aliphatic rings. The van der Waals surface area contributed by atoms with Crippen molar-refractivity contribution in [1.82, 2.24) is 4.90 Å². The number of imide groups is 1. The first-order valence-electron chi connectivity index (χ1n) is 10.4. The highest BCUT2D eigenvalue weighted by molar-refractivity contribution is 8.04. The largest absolute Gasteiger partial charge is 0.366 e. The minimum absolute atomic E-state index is 0.198. The van der Waals surface area contributed by atoms with Crippen molar-refractivity contribution in [2.75, 3.05) is 18.0 Å². The molecule has 0 bridgehead atoms. The molecule has 2 aromatic carbocycles. The number of aryl methyl sites for hydroxylation is 1. The number of carbonyl (C=O) groups is 2. The summed E-state index contributed by atoms with van der Waals surface area (Å²) in [5.41, 5.74) is 2.46. The minimum Gasteiger partial charge on any atom is -0.366 e. The number of hydrogen-bond acceptors (Lipinski definition) is 4. The lowest BCUT2D eigenvalue weighted by atomic mass is 10.1. The summed E-state index contributed by atoms with van der Waals surface area (Å²) in [6.07, 6.45) is 5.42. The van der Waals surface area contributed by atoms with Gasteiger partial charge in [0.05, 0.1) is 5.69 Å². The molecular weight excluding hydrogens is 380 g/mol. The van der Waals surface area contributed by atoms with Gasteiger partial charge in [0.1, 0.15) is 10.6 Å². The Labute approximate surface area is 176 Å². The third-order valence-corrected chi connectivity index (χ3v) is 6.50. The van der Waals surface area contributed by atoms with E-state index >= 15 is 0 Å². The van der Waals surface area contributed by atoms with Gasteiger partial charge in [-0.3, -0.25) is 9.59 Å². The van der Waals surface area contributed by atoms with E-state index in [0.717, 1.165) is 50.1 Å². The molecule has 0 aromatic heterocycles. The average Bonchev–Trinajstić information content (AvgIpc) is 3.35. The second kappa shape index (κ2) is 8.87. The highest BCUT2D eigenvalue weighted by atomic mass is 32.2. The van der Waals surface area contributed by atoms with Crippen molar-refractivity contribution in [2.24, 2.45) is 0 Å². The van der Waals surface area contributed by atoms with E-state index in [1.807, 2.05) is 54.6 Å². The minimum atomic E-state index is -0.216. The van der Waals surface area contributed by atoms with Gasteiger partial charge in [-0.25, -0.2) is 4.90 Å². The van der Waals surface area contributed by atoms with Crippen molar-refractivity contribution in [1.29, 1.82) is 0 Å². The molecule has 4 rings (SSSR count). The molecule has 150 valence electrons. The summed E-state index contributed by atoms with van der Waals surface area (Å²) in [5, 5.41) is 0. The van der Waals surface area contributed by atoms with Crippen LogP contribution in [0.3, 0.4) is 0 Å². The van der Waals surface area contributed by atoms with Gasteiger partial charge >= 0.3 is 0 Å². The van der Waals surface area contributed by atoms with Crippen LogP contribution in [0.5, 0.6) is 0 Å². The van der Waals surface area contributed by atoms with E-state index < -0.39 is 0 Å². The summed E-state index contributed by atoms with van der Waals surface area (Å²) >= 11 is 1.40. The van der Waals surface area contributed by atoms with E-state index in [0.29, 0.717) is 16.3 Å². The van der Waals surface area contributed by atoms with E-state index in [2.05, 4.69) is 11.8 Å². The highest BCUT2D eigenvalue weighted by Crippen LogP contribution is 2.39. The van der Waals surface area contributed by atoms with Crippen LogP contribution in [0.2, 0.25) is 0 Å². The lowest BCUT2D eigenvalue weighted by Crippen LogP contribution is -2.34. The fraction of sp³-hybridized carbons (Fsp3) is 0.333. The molecule has 2 heterocycles. The standard InChI is InChI=1S/C24H26N2O2S/c1-2-3-9-18-12-14-19(15-13-18)26-23(27)21(25-16-7-8-17-25)22(24(26)28)29-20-10-5-4-6-11-20/h4-6,10-15H,2-3,7-9,16-17H2,1H3. The van der Waals surface area contributed by atoms with Gasteiger partial charge < -0.3 is 4.90 Å². The molecule has 5 heteroatoms. The van der Waals surface area contributed by atoms with Crippen LogP contribution in [-0.4, -0.2) is 29.8 Å². The average molecular weight is 407 g/mol. The second-order valence-corrected chi connectivity index (χ2v) is 8.59. The molecule has 0 N–H and O–H groups in total. The number of nitrogens with zero attached hydrogens (tertiary/aromatic N) is 2. The monoisotopic (exact) mass is 406 g/mol. The number of carbonyl (C=O) groups excluding carboxylic acids is 2. The topological polar surface area (TPSA) is 40.6 Å². The van der Waals surface area contributed by atoms with E-state index in [1.54, 1.807) is 0 Å². The Bertz CT molecular complexity index is 916. The van der Waals surface area contributed by atoms with Crippen LogP contribution in [0.4, 0.5) is 5.69 Å². The summed E-state index contributed by atoms with van der Waals surface area (Å²) in [6, 6.07) is 17.7. The molecule has 0 aliphatic carbocycles. The van der Waals surface area contributed by atoms with Crippen LogP contribution in [-0.2, 0) is 16.0 Å². The molecule has 2 aromatic rings. The first-order valence-corrected chi connectivity index (χ1v) is 11.2. The smallest absolute Gasteiger partial charge is 0.283 e. The number of hydrogen-bond donors (Lipinski definition) is 0. The Morgan fingerprint density at radius 3 is 2.24 bits per heavy atom. The predicted octanol–water partition coefficient (Wildman–Crippen LogP) is 5.00. The quantitative estimate of drug-likeness (QED) is 0.607. The van der Waals surface area contributed by atoms with Crippen LogP contribution < -0.4 is 4.90 Å². The highest BCUT2D eigenvalue weighted by Gasteiger charge is 2.42. The Morgan fingerprint density at radius 2 is 1.59 bits per heavy atom. The molecule has 1 fully saturated rings. The van der Waals surface area contributed by atoms with Crippen molar-refractivity contribution in [3.8, 4) is 0 Å². The maximum atomic E-state index is 13.4. The zero-order valence-corrected chi connectivity index (χ0v) is 17.6. The Hall–Kier alpha value is -2.53. The number of unbranched alkanes of at least 4 members (excludes halogenated alkanes) is 1. The molecule has 0 atom stereocenters. The number of benzene rings is 2. The van der Waals surface area contributed by atoms with Gasteiger partial charge in [0.2, 0.25) is 0 Å². The number of rotatable bonds is 7. The summed E-state index contributed by atoms with van der Waals surface area (Å²) in [4.78, 5) is 31.6. The molecule has 4 nitrogen and oxygen atoms in total. The van der Waals surface area contributed by atoms with Crippen molar-refractivity contribution in [2.45, 2.75) is 43.9 Å². The van der Waals surface area contributed by atoms with E-state index in [9.17, 15) is 9.59 Å². The molecule has 2 aliphatic heterocycles. The molecule has 0 radical (unpaired) electrons. The van der Waals surface area contributed by atoms with Gasteiger partial charge in [0.15, 0.2) is 0 Å². The first-order chi connectivity index (χ1) is 14.2. The number of anilines is 1. The number of thioether (sulfide) groups is 1. The van der Waals surface area contributed by atoms with Crippen molar-refractivity contribution < 1.29 is 9.59 Å². The van der Waals surface area contributed by atoms with E-state index in [-0.39, 0.29) is 11.8 Å². The molecule has 0 saturated carbocycles. The van der Waals surface area contributed by atoms with Crippen LogP contribution in [0.15, 0.2) is 70.1 Å². The fourth-order valence-corrected chi connectivity index (χ4v) is 4.86. The molecule has 0 unspecified atom stereocenters. The third kappa shape index (κ3) is 4.10. The van der Waals surface area contributed by atoms with Crippen LogP contribution in [0.25, 0.3) is 0 Å². The third-order valence-electron chi connectivity index (χ3n) is 5.42. The number of amides is 2. The van der Waals surface area contributed by atoms with Crippen LogP contribution in [0.1, 0.15) is 38.2 Å². The lowest BCUT2D eigenvalue weighted by Gasteiger charge is -2.20. The molecule has 2 amide bonds. The summed E-state index contributed by atoms with van der Waals surface area (Å²) in [6.45, 7) is 3.83. The zero-order valence-electron chi connectivity index (χ0n) is 16.8. The van der Waals surface area contributed by atoms with Crippen molar-refractivity contribution in [3.63, 3.8) is 0 Å². The van der Waals surface area contributed by atoms with Crippen molar-refractivity contribution >= 4 is 29.3 Å². The maximum Gasteiger partial charge on any atom is 0.283 e. The predicted molar refractivity (Wildman–Crippen MR) is 118 cm³/mol. The molecule has 0 spiro atoms. The molecular formula is C24H26N2O2S. The normalized spacial score (nSPS) is 17.0. The van der Waals surface area contributed by atoms with Gasteiger partial charge in [-0.1, -0.05) is 55.4 Å². The van der Waals surface area contributed by atoms with Gasteiger partial charge in [-0.15, -0.1) is 0 Å². The summed E-state index contributed by atoms with van der Waals surface area (Å²) in [7, 11) is 0. The lowest BCUT2D eigenvalue weighted by molar-refractivity contribution is -0.120. The fourth-order valence-electron chi connectivity index (χ4n) is 3.84. The summed E-state index contributed by atoms with van der Waals surface area (Å²) < 4.78 is 0. The first kappa shape index (κ1) is 19.8. The number of likely N-dealkylation sites (tertiary alicyclic amines) is 1. The summed E-state index contributed by atoms with van der Waals surface area (Å²) in [5.74, 6) is -0.413. The van der Waals surface area contributed by atoms with Gasteiger partial charge in [-0.2, -0.15) is 0 Å². The zero-order chi connectivity index (χ0) is 20.2. The molecule has 29 heavy (non-hydrogen) atoms. The van der Waals surface area contributed by atoms with Gasteiger partial charge in [0.25, 0.3) is 11.8 Å². The second-order valence-electron chi connectivity index (χ2n) is 7.50. The Morgan fingerprint density at radius 1 is 0.897 bits per heavy atom.